The summed E-state index contributed by atoms with van der Waals surface area (Å²) < 4.78 is 11.2. The molecular formula is C14H13Cl2N3O4. The van der Waals surface area contributed by atoms with Gasteiger partial charge in [0.2, 0.25) is 5.91 Å². The molecule has 0 radical (unpaired) electrons. The fourth-order valence-corrected chi connectivity index (χ4v) is 2.06. The second-order valence-electron chi connectivity index (χ2n) is 4.38. The van der Waals surface area contributed by atoms with Crippen LogP contribution in [0.15, 0.2) is 29.2 Å². The summed E-state index contributed by atoms with van der Waals surface area (Å²) in [6, 6.07) is 4.92. The lowest BCUT2D eigenvalue weighted by Gasteiger charge is -2.12. The van der Waals surface area contributed by atoms with Crippen molar-refractivity contribution < 1.29 is 14.3 Å². The molecule has 0 aliphatic carbocycles. The summed E-state index contributed by atoms with van der Waals surface area (Å²) in [6.45, 7) is -0.315. The molecule has 0 aliphatic heterocycles. The molecule has 7 nitrogen and oxygen atoms in total. The molecular weight excluding hydrogens is 345 g/mol. The van der Waals surface area contributed by atoms with Gasteiger partial charge in [-0.25, -0.2) is 4.68 Å². The van der Waals surface area contributed by atoms with Crippen LogP contribution in [-0.2, 0) is 11.3 Å². The molecule has 1 aromatic heterocycles. The van der Waals surface area contributed by atoms with Crippen molar-refractivity contribution in [3.63, 3.8) is 0 Å². The van der Waals surface area contributed by atoms with Gasteiger partial charge in [0.1, 0.15) is 23.1 Å². The Morgan fingerprint density at radius 3 is 2.70 bits per heavy atom. The van der Waals surface area contributed by atoms with Gasteiger partial charge in [-0.05, 0) is 12.1 Å². The maximum absolute atomic E-state index is 12.1. The minimum atomic E-state index is -0.643. The van der Waals surface area contributed by atoms with E-state index in [1.165, 1.54) is 20.4 Å². The average Bonchev–Trinajstić information content (AvgIpc) is 2.55. The number of carbonyl (C=O) groups is 1. The van der Waals surface area contributed by atoms with E-state index in [1.807, 2.05) is 0 Å². The first-order chi connectivity index (χ1) is 11.0. The van der Waals surface area contributed by atoms with Crippen LogP contribution in [0.25, 0.3) is 0 Å². The van der Waals surface area contributed by atoms with Gasteiger partial charge >= 0.3 is 0 Å². The first-order valence-corrected chi connectivity index (χ1v) is 7.15. The first kappa shape index (κ1) is 17.1. The summed E-state index contributed by atoms with van der Waals surface area (Å²) in [5.41, 5.74) is -0.206. The van der Waals surface area contributed by atoms with Crippen LogP contribution in [0.3, 0.4) is 0 Å². The van der Waals surface area contributed by atoms with Crippen molar-refractivity contribution in [2.24, 2.45) is 0 Å². The Labute approximate surface area is 141 Å². The standard InChI is InChI=1S/C14H13Cl2N3O4/c1-22-8-3-4-10(11(5-8)23-2)18-12(20)7-19-14(21)13(16)9(15)6-17-19/h3-6H,7H2,1-2H3,(H,18,20). The molecule has 1 heterocycles. The molecule has 0 aliphatic rings. The molecule has 1 N–H and O–H groups in total. The van der Waals surface area contributed by atoms with Crippen LogP contribution in [0, 0.1) is 0 Å². The predicted octanol–water partition coefficient (Wildman–Crippen LogP) is 2.21. The number of hydrogen-bond donors (Lipinski definition) is 1. The second kappa shape index (κ2) is 7.34. The highest BCUT2D eigenvalue weighted by Crippen LogP contribution is 2.28. The summed E-state index contributed by atoms with van der Waals surface area (Å²) in [7, 11) is 2.99. The van der Waals surface area contributed by atoms with Crippen molar-refractivity contribution in [2.75, 3.05) is 19.5 Å². The summed E-state index contributed by atoms with van der Waals surface area (Å²) in [5.74, 6) is 0.538. The van der Waals surface area contributed by atoms with E-state index in [9.17, 15) is 9.59 Å². The smallest absolute Gasteiger partial charge is 0.287 e. The molecule has 0 saturated carbocycles. The highest BCUT2D eigenvalue weighted by molar-refractivity contribution is 6.41. The number of nitrogens with one attached hydrogen (secondary N) is 1. The van der Waals surface area contributed by atoms with Crippen molar-refractivity contribution >= 4 is 34.8 Å². The molecule has 2 rings (SSSR count). The third kappa shape index (κ3) is 3.94. The maximum atomic E-state index is 12.1. The molecule has 0 saturated heterocycles. The van der Waals surface area contributed by atoms with Crippen molar-refractivity contribution in [2.45, 2.75) is 6.54 Å². The van der Waals surface area contributed by atoms with Gasteiger partial charge < -0.3 is 14.8 Å². The van der Waals surface area contributed by atoms with Crippen molar-refractivity contribution in [3.8, 4) is 11.5 Å². The predicted molar refractivity (Wildman–Crippen MR) is 86.7 cm³/mol. The Balaban J connectivity index is 2.17. The van der Waals surface area contributed by atoms with E-state index in [4.69, 9.17) is 32.7 Å². The molecule has 9 heteroatoms. The lowest BCUT2D eigenvalue weighted by molar-refractivity contribution is -0.117. The fourth-order valence-electron chi connectivity index (χ4n) is 1.79. The normalized spacial score (nSPS) is 10.3. The maximum Gasteiger partial charge on any atom is 0.287 e. The number of anilines is 1. The van der Waals surface area contributed by atoms with Crippen LogP contribution in [0.2, 0.25) is 10.0 Å². The minimum Gasteiger partial charge on any atom is -0.497 e. The number of halogens is 2. The Morgan fingerprint density at radius 1 is 1.30 bits per heavy atom. The van der Waals surface area contributed by atoms with Gasteiger partial charge in [-0.3, -0.25) is 9.59 Å². The number of amides is 1. The molecule has 23 heavy (non-hydrogen) atoms. The van der Waals surface area contributed by atoms with E-state index in [0.717, 1.165) is 4.68 Å². The van der Waals surface area contributed by atoms with Crippen LogP contribution in [0.4, 0.5) is 5.69 Å². The number of methoxy groups -OCH3 is 2. The van der Waals surface area contributed by atoms with Crippen LogP contribution in [-0.4, -0.2) is 29.9 Å². The SMILES string of the molecule is COc1ccc(NC(=O)Cn2ncc(Cl)c(Cl)c2=O)c(OC)c1. The summed E-state index contributed by atoms with van der Waals surface area (Å²) in [4.78, 5) is 23.9. The molecule has 2 aromatic rings. The van der Waals surface area contributed by atoms with Gasteiger partial charge in [-0.15, -0.1) is 0 Å². The van der Waals surface area contributed by atoms with E-state index in [2.05, 4.69) is 10.4 Å². The van der Waals surface area contributed by atoms with E-state index in [1.54, 1.807) is 18.2 Å². The third-order valence-electron chi connectivity index (χ3n) is 2.92. The highest BCUT2D eigenvalue weighted by atomic mass is 35.5. The molecule has 122 valence electrons. The molecule has 0 spiro atoms. The third-order valence-corrected chi connectivity index (χ3v) is 3.67. The van der Waals surface area contributed by atoms with Crippen LogP contribution in [0.5, 0.6) is 11.5 Å². The zero-order chi connectivity index (χ0) is 17.0. The van der Waals surface area contributed by atoms with Gasteiger partial charge in [0.25, 0.3) is 5.56 Å². The number of benzene rings is 1. The zero-order valence-corrected chi connectivity index (χ0v) is 13.8. The van der Waals surface area contributed by atoms with E-state index in [0.29, 0.717) is 17.2 Å². The Bertz CT molecular complexity index is 792. The molecule has 1 aromatic carbocycles. The van der Waals surface area contributed by atoms with Gasteiger partial charge in [0, 0.05) is 6.07 Å². The Hall–Kier alpha value is -2.25. The zero-order valence-electron chi connectivity index (χ0n) is 12.3. The van der Waals surface area contributed by atoms with Crippen LogP contribution < -0.4 is 20.3 Å². The fraction of sp³-hybridized carbons (Fsp3) is 0.214. The first-order valence-electron chi connectivity index (χ1n) is 6.39. The quantitative estimate of drug-likeness (QED) is 0.886. The van der Waals surface area contributed by atoms with Gasteiger partial charge in [-0.2, -0.15) is 5.10 Å². The molecule has 0 bridgehead atoms. The molecule has 1 amide bonds. The lowest BCUT2D eigenvalue weighted by atomic mass is 10.2. The monoisotopic (exact) mass is 357 g/mol. The van der Waals surface area contributed by atoms with Gasteiger partial charge in [0.15, 0.2) is 0 Å². The summed E-state index contributed by atoms with van der Waals surface area (Å²) in [6.07, 6.45) is 1.20. The minimum absolute atomic E-state index is 0.0325. The largest absolute Gasteiger partial charge is 0.497 e. The number of ether oxygens (including phenoxy) is 2. The topological polar surface area (TPSA) is 82.5 Å². The number of aromatic nitrogens is 2. The Kier molecular flexibility index (Phi) is 5.46. The molecule has 0 unspecified atom stereocenters. The van der Waals surface area contributed by atoms with Crippen molar-refractivity contribution in [1.82, 2.24) is 9.78 Å². The average molecular weight is 358 g/mol. The highest BCUT2D eigenvalue weighted by Gasteiger charge is 2.13. The van der Waals surface area contributed by atoms with E-state index in [-0.39, 0.29) is 16.6 Å². The summed E-state index contributed by atoms with van der Waals surface area (Å²) in [5, 5.41) is 6.24. The van der Waals surface area contributed by atoms with E-state index >= 15 is 0 Å². The summed E-state index contributed by atoms with van der Waals surface area (Å²) >= 11 is 11.4. The number of hydrogen-bond acceptors (Lipinski definition) is 5. The Morgan fingerprint density at radius 2 is 2.04 bits per heavy atom. The second-order valence-corrected chi connectivity index (χ2v) is 5.17. The number of rotatable bonds is 5. The van der Waals surface area contributed by atoms with Crippen LogP contribution >= 0.6 is 23.2 Å². The lowest BCUT2D eigenvalue weighted by Crippen LogP contribution is -2.29. The number of carbonyl (C=O) groups excluding carboxylic acids is 1. The van der Waals surface area contributed by atoms with Crippen molar-refractivity contribution in [1.29, 1.82) is 0 Å². The number of nitrogens with zero attached hydrogens (tertiary/aromatic N) is 2. The van der Waals surface area contributed by atoms with Crippen molar-refractivity contribution in [3.05, 3.63) is 44.8 Å². The van der Waals surface area contributed by atoms with Gasteiger partial charge in [0.05, 0.1) is 31.1 Å². The molecule has 0 fully saturated rings. The van der Waals surface area contributed by atoms with Gasteiger partial charge in [-0.1, -0.05) is 23.2 Å². The van der Waals surface area contributed by atoms with E-state index < -0.39 is 11.5 Å². The van der Waals surface area contributed by atoms with Crippen LogP contribution in [0.1, 0.15) is 0 Å². The molecule has 0 atom stereocenters.